The smallest absolute Gasteiger partial charge is 0.0107 e. The van der Waals surface area contributed by atoms with E-state index in [9.17, 15) is 0 Å². The summed E-state index contributed by atoms with van der Waals surface area (Å²) in [5.41, 5.74) is 1.51. The molecule has 0 aliphatic carbocycles. The van der Waals surface area contributed by atoms with E-state index in [0.29, 0.717) is 0 Å². The molecular weight excluding hydrogens is 244 g/mol. The average Bonchev–Trinajstić information content (AvgIpc) is 2.50. The molecule has 0 saturated carbocycles. The number of nitrogens with one attached hydrogen (secondary N) is 1. The summed E-state index contributed by atoms with van der Waals surface area (Å²) in [6.07, 6.45) is 6.59. The molecule has 20 heavy (non-hydrogen) atoms. The maximum Gasteiger partial charge on any atom is 0.0107 e. The Labute approximate surface area is 124 Å². The van der Waals surface area contributed by atoms with Crippen molar-refractivity contribution < 1.29 is 0 Å². The van der Waals surface area contributed by atoms with Crippen LogP contribution in [0, 0.1) is 5.92 Å². The third-order valence-electron chi connectivity index (χ3n) is 4.39. The van der Waals surface area contributed by atoms with E-state index in [1.165, 1.54) is 63.8 Å². The van der Waals surface area contributed by atoms with Gasteiger partial charge in [0.25, 0.3) is 0 Å². The van der Waals surface area contributed by atoms with Gasteiger partial charge in [-0.3, -0.25) is 0 Å². The average molecular weight is 274 g/mol. The van der Waals surface area contributed by atoms with Gasteiger partial charge in [-0.15, -0.1) is 0 Å². The molecule has 0 radical (unpaired) electrons. The number of likely N-dealkylation sites (tertiary alicyclic amines) is 1. The first-order valence-corrected chi connectivity index (χ1v) is 8.35. The molecule has 1 aliphatic rings. The van der Waals surface area contributed by atoms with Crippen LogP contribution in [0.25, 0.3) is 0 Å². The largest absolute Gasteiger partial charge is 0.315 e. The molecule has 0 spiro atoms. The number of nitrogens with zero attached hydrogens (tertiary/aromatic N) is 1. The van der Waals surface area contributed by atoms with Crippen molar-refractivity contribution in [3.63, 3.8) is 0 Å². The van der Waals surface area contributed by atoms with Gasteiger partial charge in [0.1, 0.15) is 0 Å². The summed E-state index contributed by atoms with van der Waals surface area (Å²) in [4.78, 5) is 2.63. The van der Waals surface area contributed by atoms with Crippen molar-refractivity contribution in [2.75, 3.05) is 32.7 Å². The number of piperidine rings is 1. The molecule has 2 rings (SSSR count). The lowest BCUT2D eigenvalue weighted by Gasteiger charge is -2.32. The zero-order chi connectivity index (χ0) is 14.0. The summed E-state index contributed by atoms with van der Waals surface area (Å²) < 4.78 is 0. The van der Waals surface area contributed by atoms with E-state index in [2.05, 4.69) is 47.5 Å². The molecule has 1 N–H and O–H groups in total. The van der Waals surface area contributed by atoms with E-state index in [-0.39, 0.29) is 0 Å². The van der Waals surface area contributed by atoms with Crippen LogP contribution in [0.2, 0.25) is 0 Å². The fourth-order valence-corrected chi connectivity index (χ4v) is 3.03. The first kappa shape index (κ1) is 15.5. The van der Waals surface area contributed by atoms with Gasteiger partial charge in [0.15, 0.2) is 0 Å². The Balaban J connectivity index is 1.58. The molecule has 1 fully saturated rings. The van der Waals surface area contributed by atoms with Gasteiger partial charge >= 0.3 is 0 Å². The second kappa shape index (κ2) is 9.15. The highest BCUT2D eigenvalue weighted by Gasteiger charge is 2.18. The van der Waals surface area contributed by atoms with Crippen molar-refractivity contribution in [1.29, 1.82) is 0 Å². The quantitative estimate of drug-likeness (QED) is 0.732. The van der Waals surface area contributed by atoms with Crippen LogP contribution in [0.3, 0.4) is 0 Å². The van der Waals surface area contributed by atoms with Gasteiger partial charge in [0, 0.05) is 13.1 Å². The topological polar surface area (TPSA) is 15.3 Å². The number of hydrogen-bond acceptors (Lipinski definition) is 2. The summed E-state index contributed by atoms with van der Waals surface area (Å²) in [6.45, 7) is 8.38. The van der Waals surface area contributed by atoms with Gasteiger partial charge in [-0.1, -0.05) is 43.7 Å². The van der Waals surface area contributed by atoms with Crippen molar-refractivity contribution in [3.05, 3.63) is 35.9 Å². The van der Waals surface area contributed by atoms with Crippen molar-refractivity contribution in [2.24, 2.45) is 5.92 Å². The predicted molar refractivity (Wildman–Crippen MR) is 87.1 cm³/mol. The molecule has 1 heterocycles. The van der Waals surface area contributed by atoms with Crippen molar-refractivity contribution >= 4 is 0 Å². The SMILES string of the molecule is CCCCNCCN1CCC(Cc2ccccc2)CC1. The highest BCUT2D eigenvalue weighted by molar-refractivity contribution is 5.15. The lowest BCUT2D eigenvalue weighted by molar-refractivity contribution is 0.184. The van der Waals surface area contributed by atoms with Crippen LogP contribution in [0.4, 0.5) is 0 Å². The summed E-state index contributed by atoms with van der Waals surface area (Å²) in [5, 5.41) is 3.54. The number of unbranched alkanes of at least 4 members (excludes halogenated alkanes) is 1. The van der Waals surface area contributed by atoms with Gasteiger partial charge in [0.2, 0.25) is 0 Å². The van der Waals surface area contributed by atoms with Crippen LogP contribution in [0.1, 0.15) is 38.2 Å². The maximum atomic E-state index is 3.54. The third-order valence-corrected chi connectivity index (χ3v) is 4.39. The lowest BCUT2D eigenvalue weighted by Crippen LogP contribution is -2.38. The van der Waals surface area contributed by atoms with Gasteiger partial charge in [-0.05, 0) is 56.8 Å². The Kier molecular flexibility index (Phi) is 7.10. The first-order valence-electron chi connectivity index (χ1n) is 8.35. The molecule has 1 aliphatic heterocycles. The highest BCUT2D eigenvalue weighted by atomic mass is 15.1. The standard InChI is InChI=1S/C18H30N2/c1-2-3-11-19-12-15-20-13-9-18(10-14-20)16-17-7-5-4-6-8-17/h4-8,18-19H,2-3,9-16H2,1H3. The molecule has 0 amide bonds. The minimum absolute atomic E-state index is 0.890. The summed E-state index contributed by atoms with van der Waals surface area (Å²) >= 11 is 0. The minimum Gasteiger partial charge on any atom is -0.315 e. The van der Waals surface area contributed by atoms with Crippen LogP contribution >= 0.6 is 0 Å². The first-order chi connectivity index (χ1) is 9.88. The van der Waals surface area contributed by atoms with E-state index in [1.54, 1.807) is 0 Å². The Morgan fingerprint density at radius 2 is 1.85 bits per heavy atom. The molecule has 0 atom stereocenters. The molecule has 2 nitrogen and oxygen atoms in total. The zero-order valence-electron chi connectivity index (χ0n) is 13.0. The third kappa shape index (κ3) is 5.64. The van der Waals surface area contributed by atoms with E-state index in [0.717, 1.165) is 12.5 Å². The molecule has 1 aromatic carbocycles. The minimum atomic E-state index is 0.890. The fourth-order valence-electron chi connectivity index (χ4n) is 3.03. The molecule has 1 aromatic rings. The molecule has 0 bridgehead atoms. The van der Waals surface area contributed by atoms with Crippen molar-refractivity contribution in [2.45, 2.75) is 39.0 Å². The number of rotatable bonds is 8. The van der Waals surface area contributed by atoms with E-state index < -0.39 is 0 Å². The zero-order valence-corrected chi connectivity index (χ0v) is 13.0. The van der Waals surface area contributed by atoms with E-state index in [4.69, 9.17) is 0 Å². The predicted octanol–water partition coefficient (Wildman–Crippen LogP) is 3.33. The molecule has 112 valence electrons. The Bertz CT molecular complexity index is 342. The monoisotopic (exact) mass is 274 g/mol. The normalized spacial score (nSPS) is 17.4. The Morgan fingerprint density at radius 3 is 2.55 bits per heavy atom. The Morgan fingerprint density at radius 1 is 1.10 bits per heavy atom. The fraction of sp³-hybridized carbons (Fsp3) is 0.667. The molecule has 0 unspecified atom stereocenters. The van der Waals surface area contributed by atoms with E-state index >= 15 is 0 Å². The Hall–Kier alpha value is -0.860. The second-order valence-corrected chi connectivity index (χ2v) is 6.08. The second-order valence-electron chi connectivity index (χ2n) is 6.08. The van der Waals surface area contributed by atoms with Crippen molar-refractivity contribution in [1.82, 2.24) is 10.2 Å². The molecular formula is C18H30N2. The van der Waals surface area contributed by atoms with Gasteiger partial charge in [-0.25, -0.2) is 0 Å². The lowest BCUT2D eigenvalue weighted by atomic mass is 9.90. The van der Waals surface area contributed by atoms with Crippen LogP contribution in [-0.4, -0.2) is 37.6 Å². The molecule has 0 aromatic heterocycles. The van der Waals surface area contributed by atoms with Crippen LogP contribution < -0.4 is 5.32 Å². The summed E-state index contributed by atoms with van der Waals surface area (Å²) in [6, 6.07) is 11.0. The number of hydrogen-bond donors (Lipinski definition) is 1. The van der Waals surface area contributed by atoms with Crippen LogP contribution in [0.15, 0.2) is 30.3 Å². The maximum absolute atomic E-state index is 3.54. The van der Waals surface area contributed by atoms with Crippen molar-refractivity contribution in [3.8, 4) is 0 Å². The summed E-state index contributed by atoms with van der Waals surface area (Å²) in [5.74, 6) is 0.890. The van der Waals surface area contributed by atoms with E-state index in [1.807, 2.05) is 0 Å². The van der Waals surface area contributed by atoms with Gasteiger partial charge in [-0.2, -0.15) is 0 Å². The molecule has 1 saturated heterocycles. The van der Waals surface area contributed by atoms with Gasteiger partial charge in [0.05, 0.1) is 0 Å². The number of benzene rings is 1. The van der Waals surface area contributed by atoms with Gasteiger partial charge < -0.3 is 10.2 Å². The van der Waals surface area contributed by atoms with Crippen LogP contribution in [-0.2, 0) is 6.42 Å². The van der Waals surface area contributed by atoms with Crippen LogP contribution in [0.5, 0.6) is 0 Å². The molecule has 2 heteroatoms. The summed E-state index contributed by atoms with van der Waals surface area (Å²) in [7, 11) is 0. The highest BCUT2D eigenvalue weighted by Crippen LogP contribution is 2.21.